The van der Waals surface area contributed by atoms with Gasteiger partial charge in [-0.25, -0.2) is 0 Å². The summed E-state index contributed by atoms with van der Waals surface area (Å²) in [5.74, 6) is 0.103. The van der Waals surface area contributed by atoms with Gasteiger partial charge in [0, 0.05) is 13.1 Å². The molecule has 4 nitrogen and oxygen atoms in total. The number of nitrogens with zero attached hydrogens (tertiary/aromatic N) is 1. The molecule has 0 spiro atoms. The van der Waals surface area contributed by atoms with Crippen molar-refractivity contribution in [2.75, 3.05) is 13.1 Å². The second-order valence-electron chi connectivity index (χ2n) is 5.40. The minimum Gasteiger partial charge on any atom is -0.365 e. The summed E-state index contributed by atoms with van der Waals surface area (Å²) in [5.41, 5.74) is 6.72. The van der Waals surface area contributed by atoms with Crippen LogP contribution in [0.4, 0.5) is 0 Å². The molecule has 0 saturated carbocycles. The highest BCUT2D eigenvalue weighted by Gasteiger charge is 2.31. The van der Waals surface area contributed by atoms with Crippen molar-refractivity contribution in [2.45, 2.75) is 44.9 Å². The minimum atomic E-state index is -0.272. The van der Waals surface area contributed by atoms with Crippen molar-refractivity contribution >= 4 is 5.91 Å². The van der Waals surface area contributed by atoms with E-state index in [0.29, 0.717) is 19.6 Å². The molecule has 0 radical (unpaired) electrons. The predicted molar refractivity (Wildman–Crippen MR) is 79.1 cm³/mol. The molecule has 0 aromatic heterocycles. The Labute approximate surface area is 120 Å². The van der Waals surface area contributed by atoms with E-state index in [1.165, 1.54) is 0 Å². The molecule has 1 fully saturated rings. The zero-order chi connectivity index (χ0) is 14.4. The Morgan fingerprint density at radius 3 is 2.70 bits per heavy atom. The zero-order valence-electron chi connectivity index (χ0n) is 12.1. The zero-order valence-corrected chi connectivity index (χ0v) is 12.1. The van der Waals surface area contributed by atoms with Gasteiger partial charge in [0.2, 0.25) is 0 Å². The van der Waals surface area contributed by atoms with E-state index in [1.54, 1.807) is 0 Å². The van der Waals surface area contributed by atoms with E-state index >= 15 is 0 Å². The van der Waals surface area contributed by atoms with Crippen LogP contribution in [0.1, 0.15) is 31.7 Å². The summed E-state index contributed by atoms with van der Waals surface area (Å²) in [6.07, 6.45) is 2.53. The molecule has 20 heavy (non-hydrogen) atoms. The topological polar surface area (TPSA) is 55.6 Å². The van der Waals surface area contributed by atoms with Crippen LogP contribution in [0.15, 0.2) is 30.3 Å². The van der Waals surface area contributed by atoms with Gasteiger partial charge in [0.25, 0.3) is 5.91 Å². The molecule has 4 heteroatoms. The fourth-order valence-corrected chi connectivity index (χ4v) is 2.54. The number of ether oxygens (including phenoxy) is 1. The van der Waals surface area contributed by atoms with E-state index in [-0.39, 0.29) is 18.1 Å². The Balaban J connectivity index is 2.00. The van der Waals surface area contributed by atoms with Crippen LogP contribution in [-0.4, -0.2) is 36.1 Å². The average molecular weight is 276 g/mol. The van der Waals surface area contributed by atoms with Crippen LogP contribution in [0, 0.1) is 0 Å². The lowest BCUT2D eigenvalue weighted by atomic mass is 10.1. The number of rotatable bonds is 6. The van der Waals surface area contributed by atoms with Crippen molar-refractivity contribution in [2.24, 2.45) is 5.73 Å². The Morgan fingerprint density at radius 2 is 2.10 bits per heavy atom. The smallest absolute Gasteiger partial charge is 0.252 e. The van der Waals surface area contributed by atoms with Crippen LogP contribution < -0.4 is 5.73 Å². The van der Waals surface area contributed by atoms with Crippen LogP contribution in [-0.2, 0) is 16.1 Å². The fraction of sp³-hybridized carbons (Fsp3) is 0.562. The molecule has 1 amide bonds. The Bertz CT molecular complexity index is 422. The molecular weight excluding hydrogens is 252 g/mol. The summed E-state index contributed by atoms with van der Waals surface area (Å²) in [6, 6.07) is 10.1. The highest BCUT2D eigenvalue weighted by molar-refractivity contribution is 5.81. The molecule has 0 aliphatic carbocycles. The van der Waals surface area contributed by atoms with Crippen molar-refractivity contribution < 1.29 is 9.53 Å². The number of nitrogens with two attached hydrogens (primary N) is 1. The molecule has 1 saturated heterocycles. The second-order valence-corrected chi connectivity index (χ2v) is 5.40. The predicted octanol–water partition coefficient (Wildman–Crippen LogP) is 1.93. The first kappa shape index (κ1) is 15.0. The molecule has 1 aromatic carbocycles. The largest absolute Gasteiger partial charge is 0.365 e. The van der Waals surface area contributed by atoms with E-state index in [9.17, 15) is 4.79 Å². The lowest BCUT2D eigenvalue weighted by Gasteiger charge is -2.25. The molecule has 1 aliphatic rings. The summed E-state index contributed by atoms with van der Waals surface area (Å²) in [4.78, 5) is 14.4. The SMILES string of the molecule is CC1CCC(C(=O)N(CCCN)Cc2ccccc2)O1. The Morgan fingerprint density at radius 1 is 1.35 bits per heavy atom. The number of amides is 1. The first-order valence-electron chi connectivity index (χ1n) is 7.39. The van der Waals surface area contributed by atoms with Crippen molar-refractivity contribution in [3.63, 3.8) is 0 Å². The van der Waals surface area contributed by atoms with Crippen LogP contribution in [0.3, 0.4) is 0 Å². The fourth-order valence-electron chi connectivity index (χ4n) is 2.54. The second kappa shape index (κ2) is 7.41. The van der Waals surface area contributed by atoms with Crippen molar-refractivity contribution in [3.05, 3.63) is 35.9 Å². The van der Waals surface area contributed by atoms with E-state index < -0.39 is 0 Å². The normalized spacial score (nSPS) is 21.9. The summed E-state index contributed by atoms with van der Waals surface area (Å²) in [5, 5.41) is 0. The third-order valence-corrected chi connectivity index (χ3v) is 3.67. The molecule has 0 bridgehead atoms. The number of carbonyl (C=O) groups is 1. The van der Waals surface area contributed by atoms with Gasteiger partial charge in [-0.2, -0.15) is 0 Å². The molecule has 2 N–H and O–H groups in total. The highest BCUT2D eigenvalue weighted by atomic mass is 16.5. The standard InChI is InChI=1S/C16H24N2O2/c1-13-8-9-15(20-13)16(19)18(11-5-10-17)12-14-6-3-2-4-7-14/h2-4,6-7,13,15H,5,8-12,17H2,1H3. The highest BCUT2D eigenvalue weighted by Crippen LogP contribution is 2.21. The number of hydrogen-bond acceptors (Lipinski definition) is 3. The maximum Gasteiger partial charge on any atom is 0.252 e. The van der Waals surface area contributed by atoms with Gasteiger partial charge in [-0.05, 0) is 38.3 Å². The first-order chi connectivity index (χ1) is 9.70. The molecular formula is C16H24N2O2. The Kier molecular flexibility index (Phi) is 5.56. The molecule has 1 heterocycles. The number of benzene rings is 1. The van der Waals surface area contributed by atoms with Gasteiger partial charge < -0.3 is 15.4 Å². The molecule has 2 atom stereocenters. The number of hydrogen-bond donors (Lipinski definition) is 1. The van der Waals surface area contributed by atoms with Gasteiger partial charge in [0.15, 0.2) is 0 Å². The maximum absolute atomic E-state index is 12.6. The van der Waals surface area contributed by atoms with Crippen molar-refractivity contribution in [1.29, 1.82) is 0 Å². The van der Waals surface area contributed by atoms with Crippen LogP contribution in [0.25, 0.3) is 0 Å². The van der Waals surface area contributed by atoms with Crippen molar-refractivity contribution in [1.82, 2.24) is 4.90 Å². The molecule has 110 valence electrons. The lowest BCUT2D eigenvalue weighted by Crippen LogP contribution is -2.39. The van der Waals surface area contributed by atoms with E-state index in [0.717, 1.165) is 24.8 Å². The molecule has 1 aromatic rings. The van der Waals surface area contributed by atoms with Gasteiger partial charge in [-0.3, -0.25) is 4.79 Å². The van der Waals surface area contributed by atoms with Crippen molar-refractivity contribution in [3.8, 4) is 0 Å². The van der Waals surface area contributed by atoms with Gasteiger partial charge >= 0.3 is 0 Å². The third-order valence-electron chi connectivity index (χ3n) is 3.67. The molecule has 2 unspecified atom stereocenters. The quantitative estimate of drug-likeness (QED) is 0.864. The monoisotopic (exact) mass is 276 g/mol. The van der Waals surface area contributed by atoms with Gasteiger partial charge in [0.1, 0.15) is 6.10 Å². The average Bonchev–Trinajstić information content (AvgIpc) is 2.90. The summed E-state index contributed by atoms with van der Waals surface area (Å²) >= 11 is 0. The van der Waals surface area contributed by atoms with Gasteiger partial charge in [0.05, 0.1) is 6.10 Å². The lowest BCUT2D eigenvalue weighted by molar-refractivity contribution is -0.143. The molecule has 2 rings (SSSR count). The summed E-state index contributed by atoms with van der Waals surface area (Å²) in [6.45, 7) is 3.95. The minimum absolute atomic E-state index is 0.103. The number of carbonyl (C=O) groups excluding carboxylic acids is 1. The van der Waals surface area contributed by atoms with Crippen LogP contribution in [0.2, 0.25) is 0 Å². The van der Waals surface area contributed by atoms with Gasteiger partial charge in [-0.1, -0.05) is 30.3 Å². The first-order valence-corrected chi connectivity index (χ1v) is 7.39. The molecule has 1 aliphatic heterocycles. The maximum atomic E-state index is 12.6. The third kappa shape index (κ3) is 4.05. The van der Waals surface area contributed by atoms with E-state index in [1.807, 2.05) is 42.2 Å². The van der Waals surface area contributed by atoms with Crippen LogP contribution >= 0.6 is 0 Å². The van der Waals surface area contributed by atoms with Crippen LogP contribution in [0.5, 0.6) is 0 Å². The summed E-state index contributed by atoms with van der Waals surface area (Å²) < 4.78 is 5.70. The van der Waals surface area contributed by atoms with E-state index in [2.05, 4.69) is 0 Å². The van der Waals surface area contributed by atoms with E-state index in [4.69, 9.17) is 10.5 Å². The van der Waals surface area contributed by atoms with Gasteiger partial charge in [-0.15, -0.1) is 0 Å². The Hall–Kier alpha value is -1.39. The summed E-state index contributed by atoms with van der Waals surface area (Å²) in [7, 11) is 0.